The van der Waals surface area contributed by atoms with Crippen LogP contribution >= 0.6 is 0 Å². The van der Waals surface area contributed by atoms with Crippen molar-refractivity contribution in [2.24, 2.45) is 0 Å². The van der Waals surface area contributed by atoms with Gasteiger partial charge in [-0.05, 0) is 0 Å². The Morgan fingerprint density at radius 2 is 2.20 bits per heavy atom. The molecule has 1 aromatic rings. The third-order valence-electron chi connectivity index (χ3n) is 2.74. The van der Waals surface area contributed by atoms with Crippen molar-refractivity contribution >= 4 is 12.7 Å². The molecular weight excluding hydrogens is 274 g/mol. The number of allylic oxidation sites excluding steroid dienone is 1. The first kappa shape index (κ1) is 16.3. The van der Waals surface area contributed by atoms with E-state index in [2.05, 4.69) is 11.7 Å². The SMILES string of the molecule is C=C(Cn1ncc(N(C)CCOC)cc1=O)[B-](F)(F)F. The summed E-state index contributed by atoms with van der Waals surface area (Å²) >= 11 is 0. The fourth-order valence-electron chi connectivity index (χ4n) is 1.40. The van der Waals surface area contributed by atoms with Crippen molar-refractivity contribution < 1.29 is 17.7 Å². The first-order valence-corrected chi connectivity index (χ1v) is 5.90. The van der Waals surface area contributed by atoms with Crippen LogP contribution in [0.4, 0.5) is 18.6 Å². The molecule has 0 amide bonds. The molecule has 0 spiro atoms. The first-order valence-electron chi connectivity index (χ1n) is 5.90. The second-order valence-electron chi connectivity index (χ2n) is 4.36. The maximum atomic E-state index is 12.4. The Labute approximate surface area is 114 Å². The number of anilines is 1. The predicted octanol–water partition coefficient (Wildman–Crippen LogP) is 1.27. The smallest absolute Gasteiger partial charge is 0.445 e. The van der Waals surface area contributed by atoms with Crippen LogP contribution < -0.4 is 10.5 Å². The van der Waals surface area contributed by atoms with Gasteiger partial charge in [0.15, 0.2) is 0 Å². The van der Waals surface area contributed by atoms with E-state index in [1.807, 2.05) is 0 Å². The highest BCUT2D eigenvalue weighted by Gasteiger charge is 2.27. The highest BCUT2D eigenvalue weighted by Crippen LogP contribution is 2.19. The van der Waals surface area contributed by atoms with Gasteiger partial charge in [-0.25, -0.2) is 4.68 Å². The number of halogens is 3. The molecule has 0 saturated carbocycles. The molecule has 0 aromatic carbocycles. The van der Waals surface area contributed by atoms with E-state index in [0.717, 1.165) is 4.68 Å². The lowest BCUT2D eigenvalue weighted by Crippen LogP contribution is -2.31. The maximum absolute atomic E-state index is 12.4. The number of aromatic nitrogens is 2. The molecule has 0 aliphatic heterocycles. The second kappa shape index (κ2) is 6.60. The minimum Gasteiger partial charge on any atom is -0.445 e. The zero-order chi connectivity index (χ0) is 15.3. The quantitative estimate of drug-likeness (QED) is 0.709. The Kier molecular flexibility index (Phi) is 5.38. The highest BCUT2D eigenvalue weighted by molar-refractivity contribution is 6.66. The van der Waals surface area contributed by atoms with E-state index in [-0.39, 0.29) is 0 Å². The van der Waals surface area contributed by atoms with Crippen molar-refractivity contribution in [2.45, 2.75) is 6.54 Å². The van der Waals surface area contributed by atoms with Crippen molar-refractivity contribution in [1.82, 2.24) is 9.78 Å². The van der Waals surface area contributed by atoms with E-state index in [0.29, 0.717) is 18.8 Å². The third kappa shape index (κ3) is 4.41. The minimum atomic E-state index is -5.17. The van der Waals surface area contributed by atoms with E-state index in [1.165, 1.54) is 12.3 Å². The molecule has 0 aliphatic carbocycles. The number of hydrogen-bond donors (Lipinski definition) is 0. The molecule has 9 heteroatoms. The van der Waals surface area contributed by atoms with Crippen molar-refractivity contribution in [3.63, 3.8) is 0 Å². The van der Waals surface area contributed by atoms with Gasteiger partial charge < -0.3 is 22.6 Å². The summed E-state index contributed by atoms with van der Waals surface area (Å²) in [4.78, 5) is 13.4. The molecule has 0 aliphatic rings. The lowest BCUT2D eigenvalue weighted by molar-refractivity contribution is 0.206. The fourth-order valence-corrected chi connectivity index (χ4v) is 1.40. The van der Waals surface area contributed by atoms with Crippen LogP contribution in [-0.2, 0) is 11.3 Å². The molecule has 0 N–H and O–H groups in total. The monoisotopic (exact) mass is 290 g/mol. The molecule has 0 unspecified atom stereocenters. The standard InChI is InChI=1S/C11H16BF3N3O2/c1-9(12(13,14)15)8-18-11(19)6-10(7-16-18)17(2)4-5-20-3/h6-7H,1,4-5,8H2,2-3H3/q-1. The normalized spacial score (nSPS) is 11.4. The lowest BCUT2D eigenvalue weighted by Gasteiger charge is -2.20. The number of rotatable bonds is 7. The van der Waals surface area contributed by atoms with Crippen LogP contribution in [0.25, 0.3) is 0 Å². The van der Waals surface area contributed by atoms with Crippen LogP contribution in [0.5, 0.6) is 0 Å². The Morgan fingerprint density at radius 3 is 2.70 bits per heavy atom. The third-order valence-corrected chi connectivity index (χ3v) is 2.74. The summed E-state index contributed by atoms with van der Waals surface area (Å²) in [5.74, 6) is 0. The van der Waals surface area contributed by atoms with Gasteiger partial charge in [-0.1, -0.05) is 0 Å². The van der Waals surface area contributed by atoms with Gasteiger partial charge >= 0.3 is 6.98 Å². The van der Waals surface area contributed by atoms with Crippen LogP contribution in [0.15, 0.2) is 29.1 Å². The van der Waals surface area contributed by atoms with Gasteiger partial charge in [0.1, 0.15) is 0 Å². The summed E-state index contributed by atoms with van der Waals surface area (Å²) in [6.45, 7) is -1.87. The van der Waals surface area contributed by atoms with Gasteiger partial charge in [-0.15, -0.1) is 12.1 Å². The van der Waals surface area contributed by atoms with Crippen LogP contribution in [0.1, 0.15) is 0 Å². The first-order chi connectivity index (χ1) is 9.25. The molecule has 0 fully saturated rings. The minimum absolute atomic E-state index is 0.465. The topological polar surface area (TPSA) is 47.4 Å². The molecule has 112 valence electrons. The number of likely N-dealkylation sites (N-methyl/N-ethyl adjacent to an activating group) is 1. The average Bonchev–Trinajstić information content (AvgIpc) is 2.37. The lowest BCUT2D eigenvalue weighted by atomic mass is 9.80. The van der Waals surface area contributed by atoms with Gasteiger partial charge in [0.25, 0.3) is 5.56 Å². The molecule has 0 atom stereocenters. The van der Waals surface area contributed by atoms with Crippen LogP contribution in [0.2, 0.25) is 0 Å². The van der Waals surface area contributed by atoms with Crippen molar-refractivity contribution in [3.8, 4) is 0 Å². The van der Waals surface area contributed by atoms with Gasteiger partial charge in [0.2, 0.25) is 0 Å². The zero-order valence-corrected chi connectivity index (χ0v) is 11.4. The van der Waals surface area contributed by atoms with Gasteiger partial charge in [0, 0.05) is 33.3 Å². The Morgan fingerprint density at radius 1 is 1.55 bits per heavy atom. The summed E-state index contributed by atoms with van der Waals surface area (Å²) in [7, 11) is 3.28. The van der Waals surface area contributed by atoms with Gasteiger partial charge in [0.05, 0.1) is 18.5 Å². The molecule has 0 radical (unpaired) electrons. The molecule has 0 saturated heterocycles. The van der Waals surface area contributed by atoms with Gasteiger partial charge in [-0.2, -0.15) is 5.10 Å². The largest absolute Gasteiger partial charge is 0.506 e. The summed E-state index contributed by atoms with van der Waals surface area (Å²) in [5.41, 5.74) is -1.04. The van der Waals surface area contributed by atoms with Crippen LogP contribution in [0, 0.1) is 0 Å². The fraction of sp³-hybridized carbons (Fsp3) is 0.455. The molecule has 20 heavy (non-hydrogen) atoms. The molecule has 1 heterocycles. The molecule has 5 nitrogen and oxygen atoms in total. The Balaban J connectivity index is 2.84. The average molecular weight is 290 g/mol. The second-order valence-corrected chi connectivity index (χ2v) is 4.36. The van der Waals surface area contributed by atoms with Crippen LogP contribution in [0.3, 0.4) is 0 Å². The number of methoxy groups -OCH3 is 1. The van der Waals surface area contributed by atoms with E-state index in [1.54, 1.807) is 19.1 Å². The molecule has 1 rings (SSSR count). The summed E-state index contributed by atoms with van der Waals surface area (Å²) in [5, 5.41) is 3.73. The van der Waals surface area contributed by atoms with Crippen molar-refractivity contribution in [3.05, 3.63) is 34.7 Å². The molecular formula is C11H16BF3N3O2-. The summed E-state index contributed by atoms with van der Waals surface area (Å²) in [6, 6.07) is 1.24. The van der Waals surface area contributed by atoms with Gasteiger partial charge in [-0.3, -0.25) is 4.79 Å². The number of nitrogens with zero attached hydrogens (tertiary/aromatic N) is 3. The van der Waals surface area contributed by atoms with E-state index < -0.39 is 24.6 Å². The molecule has 1 aromatic heterocycles. The van der Waals surface area contributed by atoms with Crippen molar-refractivity contribution in [2.75, 3.05) is 32.2 Å². The highest BCUT2D eigenvalue weighted by atomic mass is 19.4. The van der Waals surface area contributed by atoms with Crippen LogP contribution in [-0.4, -0.2) is 44.1 Å². The van der Waals surface area contributed by atoms with E-state index in [4.69, 9.17) is 4.74 Å². The zero-order valence-electron chi connectivity index (χ0n) is 11.4. The Bertz CT molecular complexity index is 530. The molecule has 0 bridgehead atoms. The summed E-state index contributed by atoms with van der Waals surface area (Å²) in [6.07, 6.45) is 1.34. The Hall–Kier alpha value is -1.77. The number of ether oxygens (including phenoxy) is 1. The van der Waals surface area contributed by atoms with Crippen molar-refractivity contribution in [1.29, 1.82) is 0 Å². The maximum Gasteiger partial charge on any atom is 0.506 e. The number of hydrogen-bond acceptors (Lipinski definition) is 4. The van der Waals surface area contributed by atoms with E-state index >= 15 is 0 Å². The summed E-state index contributed by atoms with van der Waals surface area (Å²) < 4.78 is 42.9. The van der Waals surface area contributed by atoms with E-state index in [9.17, 15) is 17.7 Å². The predicted molar refractivity (Wildman–Crippen MR) is 71.9 cm³/mol.